The molecule has 0 aliphatic rings. The van der Waals surface area contributed by atoms with Crippen molar-refractivity contribution in [2.45, 2.75) is 29.9 Å². The van der Waals surface area contributed by atoms with Gasteiger partial charge in [-0.25, -0.2) is 13.1 Å². The average molecular weight is 452 g/mol. The van der Waals surface area contributed by atoms with Crippen molar-refractivity contribution in [1.29, 1.82) is 0 Å². The maximum Gasteiger partial charge on any atom is 0.250 e. The third kappa shape index (κ3) is 6.00. The molecule has 1 aromatic rings. The molecule has 0 aromatic carbocycles. The number of sulfonamides is 1. The summed E-state index contributed by atoms with van der Waals surface area (Å²) in [6, 6.07) is 3.37. The highest BCUT2D eigenvalue weighted by molar-refractivity contribution is 14.1. The highest BCUT2D eigenvalue weighted by atomic mass is 127. The summed E-state index contributed by atoms with van der Waals surface area (Å²) >= 11 is 6.85. The first-order valence-corrected chi connectivity index (χ1v) is 9.99. The minimum absolute atomic E-state index is 0.372. The van der Waals surface area contributed by atoms with Gasteiger partial charge in [0.25, 0.3) is 0 Å². The van der Waals surface area contributed by atoms with Gasteiger partial charge in [-0.05, 0) is 45.3 Å². The summed E-state index contributed by atoms with van der Waals surface area (Å²) in [5.74, 6) is 0. The molecule has 0 saturated carbocycles. The van der Waals surface area contributed by atoms with Crippen molar-refractivity contribution in [3.8, 4) is 0 Å². The van der Waals surface area contributed by atoms with Crippen LogP contribution in [0.2, 0.25) is 0 Å². The molecule has 0 radical (unpaired) electrons. The molecule has 0 bridgehead atoms. The van der Waals surface area contributed by atoms with Crippen LogP contribution in [0.15, 0.2) is 20.1 Å². The zero-order chi connectivity index (χ0) is 12.7. The van der Waals surface area contributed by atoms with Crippen LogP contribution >= 0.6 is 49.9 Å². The van der Waals surface area contributed by atoms with Gasteiger partial charge in [0.1, 0.15) is 4.21 Å². The number of hydrogen-bond donors (Lipinski definition) is 1. The number of thiophene rings is 1. The number of nitrogens with one attached hydrogen (secondary N) is 1. The normalized spacial score (nSPS) is 11.9. The van der Waals surface area contributed by atoms with Gasteiger partial charge in [0, 0.05) is 6.54 Å². The fourth-order valence-corrected chi connectivity index (χ4v) is 4.96. The van der Waals surface area contributed by atoms with Crippen LogP contribution in [-0.2, 0) is 10.0 Å². The van der Waals surface area contributed by atoms with Crippen LogP contribution in [0, 0.1) is 0 Å². The lowest BCUT2D eigenvalue weighted by Gasteiger charge is -2.04. The Balaban J connectivity index is 2.31. The molecule has 98 valence electrons. The quantitative estimate of drug-likeness (QED) is 0.371. The molecular formula is C10H15BrINO2S2. The van der Waals surface area contributed by atoms with E-state index in [1.54, 1.807) is 12.1 Å². The Morgan fingerprint density at radius 2 is 1.94 bits per heavy atom. The zero-order valence-corrected chi connectivity index (χ0v) is 14.7. The van der Waals surface area contributed by atoms with E-state index in [1.165, 1.54) is 28.6 Å². The van der Waals surface area contributed by atoms with Gasteiger partial charge in [-0.15, -0.1) is 11.3 Å². The van der Waals surface area contributed by atoms with Gasteiger partial charge in [0.05, 0.1) is 3.79 Å². The highest BCUT2D eigenvalue weighted by Gasteiger charge is 2.15. The molecule has 1 heterocycles. The Morgan fingerprint density at radius 3 is 2.53 bits per heavy atom. The summed E-state index contributed by atoms with van der Waals surface area (Å²) in [7, 11) is -3.30. The molecule has 0 atom stereocenters. The second-order valence-corrected chi connectivity index (χ2v) is 9.10. The third-order valence-corrected chi connectivity index (χ3v) is 6.51. The van der Waals surface area contributed by atoms with Crippen LogP contribution in [-0.4, -0.2) is 19.4 Å². The molecule has 1 aromatic heterocycles. The predicted molar refractivity (Wildman–Crippen MR) is 84.6 cm³/mol. The molecule has 0 saturated heterocycles. The van der Waals surface area contributed by atoms with E-state index in [1.807, 2.05) is 0 Å². The van der Waals surface area contributed by atoms with Crippen molar-refractivity contribution in [2.24, 2.45) is 0 Å². The summed E-state index contributed by atoms with van der Waals surface area (Å²) in [6.45, 7) is 0.527. The maximum atomic E-state index is 11.8. The van der Waals surface area contributed by atoms with Crippen LogP contribution < -0.4 is 4.72 Å². The monoisotopic (exact) mass is 451 g/mol. The fourth-order valence-electron chi connectivity index (χ4n) is 1.29. The lowest BCUT2D eigenvalue weighted by atomic mass is 10.2. The van der Waals surface area contributed by atoms with Crippen molar-refractivity contribution in [3.63, 3.8) is 0 Å². The summed E-state index contributed by atoms with van der Waals surface area (Å²) in [4.78, 5) is 0. The molecule has 0 spiro atoms. The molecule has 0 aliphatic carbocycles. The molecule has 1 rings (SSSR count). The van der Waals surface area contributed by atoms with Crippen molar-refractivity contribution >= 4 is 59.9 Å². The molecule has 17 heavy (non-hydrogen) atoms. The van der Waals surface area contributed by atoms with E-state index in [2.05, 4.69) is 43.2 Å². The van der Waals surface area contributed by atoms with E-state index < -0.39 is 10.0 Å². The van der Waals surface area contributed by atoms with Gasteiger partial charge in [0.15, 0.2) is 0 Å². The van der Waals surface area contributed by atoms with Crippen molar-refractivity contribution in [1.82, 2.24) is 4.72 Å². The van der Waals surface area contributed by atoms with Crippen molar-refractivity contribution in [3.05, 3.63) is 15.9 Å². The SMILES string of the molecule is O=S(=O)(NCCCCCCI)c1ccc(Br)s1. The van der Waals surface area contributed by atoms with E-state index in [-0.39, 0.29) is 0 Å². The summed E-state index contributed by atoms with van der Waals surface area (Å²) in [6.07, 6.45) is 4.38. The Morgan fingerprint density at radius 1 is 1.24 bits per heavy atom. The van der Waals surface area contributed by atoms with Crippen LogP contribution in [0.5, 0.6) is 0 Å². The summed E-state index contributed by atoms with van der Waals surface area (Å²) < 4.78 is 28.6. The first kappa shape index (κ1) is 15.9. The van der Waals surface area contributed by atoms with Crippen molar-refractivity contribution < 1.29 is 8.42 Å². The van der Waals surface area contributed by atoms with Gasteiger partial charge in [-0.2, -0.15) is 0 Å². The maximum absolute atomic E-state index is 11.8. The fraction of sp³-hybridized carbons (Fsp3) is 0.600. The minimum Gasteiger partial charge on any atom is -0.210 e. The summed E-state index contributed by atoms with van der Waals surface area (Å²) in [5, 5.41) is 0. The van der Waals surface area contributed by atoms with Crippen LogP contribution in [0.4, 0.5) is 0 Å². The standard InChI is InChI=1S/C10H15BrINO2S2/c11-9-5-6-10(16-9)17(14,15)13-8-4-2-1-3-7-12/h5-6,13H,1-4,7-8H2. The molecule has 0 aliphatic heterocycles. The van der Waals surface area contributed by atoms with E-state index in [4.69, 9.17) is 0 Å². The largest absolute Gasteiger partial charge is 0.250 e. The Hall–Kier alpha value is 0.820. The lowest BCUT2D eigenvalue weighted by Crippen LogP contribution is -2.23. The molecule has 0 unspecified atom stereocenters. The van der Waals surface area contributed by atoms with Crippen molar-refractivity contribution in [2.75, 3.05) is 11.0 Å². The first-order chi connectivity index (χ1) is 8.06. The number of unbranched alkanes of at least 4 members (excludes halogenated alkanes) is 3. The Bertz CT molecular complexity index is 433. The van der Waals surface area contributed by atoms with E-state index in [0.717, 1.165) is 16.6 Å². The first-order valence-electron chi connectivity index (χ1n) is 5.37. The number of hydrogen-bond acceptors (Lipinski definition) is 3. The second-order valence-electron chi connectivity index (χ2n) is 3.56. The molecule has 0 amide bonds. The molecule has 0 fully saturated rings. The zero-order valence-electron chi connectivity index (χ0n) is 9.29. The average Bonchev–Trinajstić information content (AvgIpc) is 2.71. The van der Waals surface area contributed by atoms with Gasteiger partial charge in [0.2, 0.25) is 10.0 Å². The van der Waals surface area contributed by atoms with Gasteiger partial charge < -0.3 is 0 Å². The number of rotatable bonds is 8. The minimum atomic E-state index is -3.30. The molecule has 7 heteroatoms. The second kappa shape index (κ2) is 8.08. The van der Waals surface area contributed by atoms with Gasteiger partial charge in [-0.3, -0.25) is 0 Å². The smallest absolute Gasteiger partial charge is 0.210 e. The molecule has 1 N–H and O–H groups in total. The van der Waals surface area contributed by atoms with Crippen LogP contribution in [0.3, 0.4) is 0 Å². The van der Waals surface area contributed by atoms with E-state index in [0.29, 0.717) is 10.8 Å². The third-order valence-electron chi connectivity index (χ3n) is 2.17. The molecule has 3 nitrogen and oxygen atoms in total. The van der Waals surface area contributed by atoms with E-state index in [9.17, 15) is 8.42 Å². The topological polar surface area (TPSA) is 46.2 Å². The Kier molecular flexibility index (Phi) is 7.55. The van der Waals surface area contributed by atoms with Gasteiger partial charge in [-0.1, -0.05) is 35.4 Å². The lowest BCUT2D eigenvalue weighted by molar-refractivity contribution is 0.576. The van der Waals surface area contributed by atoms with Crippen LogP contribution in [0.25, 0.3) is 0 Å². The number of halogens is 2. The van der Waals surface area contributed by atoms with Gasteiger partial charge >= 0.3 is 0 Å². The highest BCUT2D eigenvalue weighted by Crippen LogP contribution is 2.25. The van der Waals surface area contributed by atoms with Crippen LogP contribution in [0.1, 0.15) is 25.7 Å². The number of alkyl halides is 1. The van der Waals surface area contributed by atoms with E-state index >= 15 is 0 Å². The summed E-state index contributed by atoms with van der Waals surface area (Å²) in [5.41, 5.74) is 0. The molecular weight excluding hydrogens is 437 g/mol. The predicted octanol–water partition coefficient (Wildman–Crippen LogP) is 3.78. The Labute approximate surface area is 129 Å².